The van der Waals surface area contributed by atoms with Crippen molar-refractivity contribution in [1.82, 2.24) is 9.80 Å². The van der Waals surface area contributed by atoms with Gasteiger partial charge in [0.25, 0.3) is 11.8 Å². The largest absolute Gasteiger partial charge is 0.508 e. The molecule has 23 heteroatoms. The molecule has 5 aromatic rings. The Hall–Kier alpha value is -9.00. The molecule has 2 amide bonds. The highest BCUT2D eigenvalue weighted by molar-refractivity contribution is 6.74. The molecule has 6 aliphatic carbocycles. The number of phenolic OH excluding ortho intramolecular Hbond substituents is 1. The number of primary amides is 2. The SMILES string of the molecule is CN(C)[C@@H]1C(=O)C(C(N)=O)=C(O)[C@@]2(O)C(=O)C3=C(O)c4c(O)c(N)cc(F)c4C[C@@]3(C)C[C@@H]12.CN(C)[C@@H]1C(=O)C(C(N)=O)=C(O)[C@@]2(O[Si](C)(C)C(C)(C)C)C(=O)C3=C(O)c4c(c(F)cc(N(Cc5ccccc5)Cc5ccccc5)c4OCc4ccccc4)C[C@@]3(C)C[C@@H]12. The van der Waals surface area contributed by atoms with Gasteiger partial charge in [0.2, 0.25) is 11.6 Å². The van der Waals surface area contributed by atoms with Gasteiger partial charge < -0.3 is 61.9 Å². The van der Waals surface area contributed by atoms with Crippen LogP contribution in [0.15, 0.2) is 137 Å². The van der Waals surface area contributed by atoms with E-state index in [4.69, 9.17) is 26.4 Å². The summed E-state index contributed by atoms with van der Waals surface area (Å²) >= 11 is 0. The zero-order valence-electron chi connectivity index (χ0n) is 54.4. The van der Waals surface area contributed by atoms with Crippen LogP contribution in [-0.2, 0) is 65.7 Å². The average Bonchev–Trinajstić information content (AvgIpc) is 0.689. The fraction of sp³-hybridized carbons (Fsp3) is 0.380. The number of hydrogen-bond donors (Lipinski definition) is 9. The number of likely N-dealkylation sites (N-methyl/N-ethyl adjacent to an activating group) is 2. The van der Waals surface area contributed by atoms with Crippen molar-refractivity contribution in [3.05, 3.63) is 188 Å². The van der Waals surface area contributed by atoms with Gasteiger partial charge in [-0.1, -0.05) is 126 Å². The molecular formula is C71H80F2N6O14Si. The number of ketones is 4. The fourth-order valence-electron chi connectivity index (χ4n) is 14.9. The number of rotatable bonds is 14. The Kier molecular flexibility index (Phi) is 17.4. The topological polar surface area (TPSA) is 330 Å². The molecule has 0 spiro atoms. The summed E-state index contributed by atoms with van der Waals surface area (Å²) in [5.74, 6) is -13.6. The zero-order chi connectivity index (χ0) is 69.0. The van der Waals surface area contributed by atoms with Gasteiger partial charge in [0.05, 0.1) is 34.6 Å². The number of hydrogen-bond acceptors (Lipinski definition) is 18. The van der Waals surface area contributed by atoms with Crippen molar-refractivity contribution in [2.45, 2.75) is 121 Å². The Morgan fingerprint density at radius 2 is 1.06 bits per heavy atom. The maximum absolute atomic E-state index is 17.3. The molecule has 20 nitrogen and oxygen atoms in total. The van der Waals surface area contributed by atoms with Crippen LogP contribution in [0.5, 0.6) is 11.5 Å². The molecule has 0 saturated heterocycles. The lowest BCUT2D eigenvalue weighted by Gasteiger charge is -2.58. The van der Waals surface area contributed by atoms with E-state index in [1.54, 1.807) is 32.8 Å². The van der Waals surface area contributed by atoms with Gasteiger partial charge in [-0.3, -0.25) is 38.6 Å². The van der Waals surface area contributed by atoms with Gasteiger partial charge in [-0.05, 0) is 88.7 Å². The average molecular weight is 1310 g/mol. The van der Waals surface area contributed by atoms with E-state index in [0.717, 1.165) is 22.8 Å². The minimum Gasteiger partial charge on any atom is -0.508 e. The van der Waals surface area contributed by atoms with E-state index < -0.39 is 146 Å². The first kappa shape index (κ1) is 67.9. The van der Waals surface area contributed by atoms with Crippen LogP contribution in [0.25, 0.3) is 11.5 Å². The molecule has 11 rings (SSSR count). The molecule has 8 atom stereocenters. The number of nitrogens with two attached hydrogens (primary N) is 3. The summed E-state index contributed by atoms with van der Waals surface area (Å²) in [6.45, 7) is 13.8. The minimum atomic E-state index is -3.08. The third kappa shape index (κ3) is 10.8. The molecule has 2 saturated carbocycles. The van der Waals surface area contributed by atoms with Crippen LogP contribution >= 0.6 is 0 Å². The van der Waals surface area contributed by atoms with Crippen LogP contribution < -0.4 is 26.8 Å². The highest BCUT2D eigenvalue weighted by Crippen LogP contribution is 2.63. The number of nitrogen functional groups attached to an aromatic ring is 1. The zero-order valence-corrected chi connectivity index (χ0v) is 55.4. The third-order valence-corrected chi connectivity index (χ3v) is 24.8. The molecule has 496 valence electrons. The van der Waals surface area contributed by atoms with Crippen LogP contribution in [0.3, 0.4) is 0 Å². The van der Waals surface area contributed by atoms with Gasteiger partial charge >= 0.3 is 0 Å². The fourth-order valence-corrected chi connectivity index (χ4v) is 16.4. The number of aliphatic hydroxyl groups excluding tert-OH is 4. The number of carbonyl (C=O) groups excluding carboxylic acids is 6. The normalized spacial score (nSPS) is 25.8. The van der Waals surface area contributed by atoms with Crippen molar-refractivity contribution in [2.24, 2.45) is 34.1 Å². The second kappa shape index (κ2) is 24.1. The van der Waals surface area contributed by atoms with Crippen LogP contribution in [0, 0.1) is 34.3 Å². The number of amides is 2. The Bertz CT molecular complexity index is 4110. The van der Waals surface area contributed by atoms with Crippen molar-refractivity contribution >= 4 is 66.2 Å². The van der Waals surface area contributed by atoms with E-state index >= 15 is 9.18 Å². The lowest BCUT2D eigenvalue weighted by molar-refractivity contribution is -0.157. The van der Waals surface area contributed by atoms with Gasteiger partial charge in [0.15, 0.2) is 36.8 Å². The summed E-state index contributed by atoms with van der Waals surface area (Å²) < 4.78 is 45.9. The van der Waals surface area contributed by atoms with Gasteiger partial charge in [-0.2, -0.15) is 0 Å². The van der Waals surface area contributed by atoms with Crippen LogP contribution in [0.1, 0.15) is 86.4 Å². The van der Waals surface area contributed by atoms with Gasteiger partial charge in [0, 0.05) is 70.2 Å². The van der Waals surface area contributed by atoms with Crippen molar-refractivity contribution < 1.29 is 77.4 Å². The lowest BCUT2D eigenvalue weighted by Crippen LogP contribution is -2.70. The number of phenols is 1. The number of Topliss-reactive ketones (excluding diaryl/α,β-unsaturated/α-hetero) is 4. The summed E-state index contributed by atoms with van der Waals surface area (Å²) in [4.78, 5) is 87.0. The molecular weight excluding hydrogens is 1230 g/mol. The predicted octanol–water partition coefficient (Wildman–Crippen LogP) is 8.68. The summed E-state index contributed by atoms with van der Waals surface area (Å²) in [7, 11) is 3.22. The second-order valence-electron chi connectivity index (χ2n) is 28.1. The third-order valence-electron chi connectivity index (χ3n) is 20.3. The van der Waals surface area contributed by atoms with E-state index in [1.165, 1.54) is 25.1 Å². The minimum absolute atomic E-state index is 0.00637. The van der Waals surface area contributed by atoms with E-state index in [9.17, 15) is 59.0 Å². The van der Waals surface area contributed by atoms with Crippen molar-refractivity contribution in [2.75, 3.05) is 38.8 Å². The summed E-state index contributed by atoms with van der Waals surface area (Å²) in [5, 5.41) is 68.4. The van der Waals surface area contributed by atoms with Crippen molar-refractivity contribution in [1.29, 1.82) is 0 Å². The van der Waals surface area contributed by atoms with E-state index in [-0.39, 0.29) is 77.1 Å². The first-order valence-corrected chi connectivity index (χ1v) is 33.7. The number of anilines is 2. The highest BCUT2D eigenvalue weighted by atomic mass is 28.4. The molecule has 6 aliphatic rings. The van der Waals surface area contributed by atoms with Crippen LogP contribution in [0.2, 0.25) is 18.1 Å². The molecule has 5 aromatic carbocycles. The summed E-state index contributed by atoms with van der Waals surface area (Å²) in [6.07, 6.45) is -0.357. The molecule has 0 bridgehead atoms. The molecule has 94 heavy (non-hydrogen) atoms. The Morgan fingerprint density at radius 3 is 1.54 bits per heavy atom. The smallest absolute Gasteiger partial charge is 0.255 e. The van der Waals surface area contributed by atoms with Crippen LogP contribution in [0.4, 0.5) is 20.2 Å². The number of nitrogens with zero attached hydrogens (tertiary/aromatic N) is 3. The number of benzene rings is 5. The van der Waals surface area contributed by atoms with E-state index in [2.05, 4.69) is 0 Å². The van der Waals surface area contributed by atoms with Crippen molar-refractivity contribution in [3.63, 3.8) is 0 Å². The Morgan fingerprint density at radius 1 is 0.638 bits per heavy atom. The van der Waals surface area contributed by atoms with Crippen molar-refractivity contribution in [3.8, 4) is 11.5 Å². The molecule has 12 N–H and O–H groups in total. The maximum atomic E-state index is 17.3. The summed E-state index contributed by atoms with van der Waals surface area (Å²) in [5.41, 5.74) is 9.47. The quantitative estimate of drug-likeness (QED) is 0.0217. The molecule has 0 heterocycles. The molecule has 0 aromatic heterocycles. The van der Waals surface area contributed by atoms with Gasteiger partial charge in [0.1, 0.15) is 58.2 Å². The molecule has 0 unspecified atom stereocenters. The number of aromatic hydroxyl groups is 1. The number of carbonyl (C=O) groups is 6. The molecule has 2 fully saturated rings. The number of halogens is 2. The van der Waals surface area contributed by atoms with Gasteiger partial charge in [-0.15, -0.1) is 0 Å². The monoisotopic (exact) mass is 1310 g/mol. The van der Waals surface area contributed by atoms with E-state index in [0.29, 0.717) is 18.8 Å². The standard InChI is InChI=1S/C49H56FN3O7Si.C22H24FN3O7/c1-47(2,3)61(7,8)60-49-34(40(52(5)6)42(55)38(44(49)56)46(51)58)26-48(4)25-33-35(50)24-36(53(27-30-18-12-9-13-19-30)28-31-20-14-10-15-21-31)43(37(33)41(54)39(48)45(49)57)59-29-32-22-16-11-17-23-32;1-21-5-7-9(23)4-10(24)15(27)11(7)16(28)13(21)19(31)22(33)8(6-21)14(26(2)3)17(29)12(18(22)30)20(25)32/h9-24,34,40,54,56H,25-29H2,1-8H3,(H2,51,58);4,8,14,27-28,30,33H,5-6,24H2,1-3H3,(H2,25,32)/t34-,40-,48-,49+;8-,14-,21-,22+/m00/s1. The first-order chi connectivity index (χ1) is 43.9. The predicted molar refractivity (Wildman–Crippen MR) is 350 cm³/mol. The van der Waals surface area contributed by atoms with Crippen LogP contribution in [-0.4, -0.2) is 135 Å². The lowest BCUT2D eigenvalue weighted by atomic mass is 9.52. The first-order valence-electron chi connectivity index (χ1n) is 30.8. The second-order valence-corrected chi connectivity index (χ2v) is 32.8. The Balaban J connectivity index is 0.000000245. The molecule has 0 aliphatic heterocycles. The highest BCUT2D eigenvalue weighted by Gasteiger charge is 2.71. The summed E-state index contributed by atoms with van der Waals surface area (Å²) in [6, 6.07) is 29.0. The number of ether oxygens (including phenoxy) is 1. The Labute approximate surface area is 544 Å². The number of aliphatic hydroxyl groups is 5. The van der Waals surface area contributed by atoms with Gasteiger partial charge in [-0.25, -0.2) is 8.78 Å². The molecule has 0 radical (unpaired) electrons. The maximum Gasteiger partial charge on any atom is 0.255 e. The number of fused-ring (bicyclic) bond motifs is 6. The van der Waals surface area contributed by atoms with E-state index in [1.807, 2.05) is 130 Å².